The molecule has 0 radical (unpaired) electrons. The van der Waals surface area contributed by atoms with E-state index in [-0.39, 0.29) is 22.9 Å². The van der Waals surface area contributed by atoms with Crippen LogP contribution in [-0.2, 0) is 10.0 Å². The van der Waals surface area contributed by atoms with Gasteiger partial charge < -0.3 is 10.6 Å². The topological polar surface area (TPSA) is 83.7 Å². The molecule has 1 saturated heterocycles. The standard InChI is InChI=1S/C20H31N3O3S/c1-22(17-9-3-2-4-10-17)27(25,26)19-12-7-8-16(14-19)20(24)23-13-6-5-11-18(23)15-21/h7-8,12,14,17-18H,2-6,9-11,13,15,21H2,1H3. The largest absolute Gasteiger partial charge is 0.334 e. The fourth-order valence-corrected chi connectivity index (χ4v) is 5.74. The molecule has 2 fully saturated rings. The zero-order valence-corrected chi connectivity index (χ0v) is 17.0. The van der Waals surface area contributed by atoms with Crippen molar-refractivity contribution in [3.63, 3.8) is 0 Å². The zero-order valence-electron chi connectivity index (χ0n) is 16.1. The molecule has 27 heavy (non-hydrogen) atoms. The molecule has 1 aliphatic heterocycles. The minimum absolute atomic E-state index is 0.0384. The molecule has 1 atom stereocenters. The van der Waals surface area contributed by atoms with E-state index >= 15 is 0 Å². The van der Waals surface area contributed by atoms with Crippen LogP contribution in [0.3, 0.4) is 0 Å². The number of rotatable bonds is 5. The van der Waals surface area contributed by atoms with Crippen LogP contribution in [0.5, 0.6) is 0 Å². The van der Waals surface area contributed by atoms with Crippen LogP contribution in [-0.4, -0.2) is 55.8 Å². The van der Waals surface area contributed by atoms with E-state index in [1.54, 1.807) is 30.1 Å². The molecule has 0 bridgehead atoms. The Hall–Kier alpha value is -1.44. The van der Waals surface area contributed by atoms with Gasteiger partial charge in [-0.1, -0.05) is 25.3 Å². The smallest absolute Gasteiger partial charge is 0.254 e. The highest BCUT2D eigenvalue weighted by atomic mass is 32.2. The highest BCUT2D eigenvalue weighted by Gasteiger charge is 2.31. The second-order valence-corrected chi connectivity index (χ2v) is 9.72. The van der Waals surface area contributed by atoms with Crippen molar-refractivity contribution >= 4 is 15.9 Å². The summed E-state index contributed by atoms with van der Waals surface area (Å²) < 4.78 is 27.7. The molecule has 1 amide bonds. The fraction of sp³-hybridized carbons (Fsp3) is 0.650. The molecule has 1 unspecified atom stereocenters. The monoisotopic (exact) mass is 393 g/mol. The number of piperidine rings is 1. The SMILES string of the molecule is CN(C1CCCCC1)S(=O)(=O)c1cccc(C(=O)N2CCCCC2CN)c1. The van der Waals surface area contributed by atoms with Crippen LogP contribution in [0.4, 0.5) is 0 Å². The highest BCUT2D eigenvalue weighted by molar-refractivity contribution is 7.89. The van der Waals surface area contributed by atoms with Gasteiger partial charge in [0.1, 0.15) is 0 Å². The van der Waals surface area contributed by atoms with Gasteiger partial charge in [-0.05, 0) is 50.3 Å². The van der Waals surface area contributed by atoms with Crippen molar-refractivity contribution < 1.29 is 13.2 Å². The number of carbonyl (C=O) groups is 1. The van der Waals surface area contributed by atoms with Gasteiger partial charge in [0.15, 0.2) is 0 Å². The van der Waals surface area contributed by atoms with E-state index < -0.39 is 10.0 Å². The Morgan fingerprint density at radius 3 is 2.56 bits per heavy atom. The van der Waals surface area contributed by atoms with E-state index in [1.807, 2.05) is 0 Å². The molecule has 0 spiro atoms. The third-order valence-corrected chi connectivity index (χ3v) is 7.91. The minimum Gasteiger partial charge on any atom is -0.334 e. The first-order valence-electron chi connectivity index (χ1n) is 10.0. The van der Waals surface area contributed by atoms with Crippen LogP contribution in [0.15, 0.2) is 29.2 Å². The van der Waals surface area contributed by atoms with E-state index in [0.29, 0.717) is 18.7 Å². The van der Waals surface area contributed by atoms with Crippen molar-refractivity contribution in [1.82, 2.24) is 9.21 Å². The Balaban J connectivity index is 1.82. The summed E-state index contributed by atoms with van der Waals surface area (Å²) in [6.07, 6.45) is 8.06. The normalized spacial score (nSPS) is 22.2. The van der Waals surface area contributed by atoms with E-state index in [2.05, 4.69) is 0 Å². The summed E-state index contributed by atoms with van der Waals surface area (Å²) in [5.41, 5.74) is 6.26. The number of amides is 1. The molecule has 3 rings (SSSR count). The Labute approximate surface area is 162 Å². The first kappa shape index (κ1) is 20.3. The number of hydrogen-bond acceptors (Lipinski definition) is 4. The Morgan fingerprint density at radius 2 is 1.85 bits per heavy atom. The van der Waals surface area contributed by atoms with Gasteiger partial charge in [-0.3, -0.25) is 4.79 Å². The molecule has 1 aromatic carbocycles. The average molecular weight is 394 g/mol. The maximum absolute atomic E-state index is 13.1. The predicted molar refractivity (Wildman–Crippen MR) is 106 cm³/mol. The molecule has 1 saturated carbocycles. The lowest BCUT2D eigenvalue weighted by molar-refractivity contribution is 0.0623. The molecule has 7 heteroatoms. The summed E-state index contributed by atoms with van der Waals surface area (Å²) >= 11 is 0. The van der Waals surface area contributed by atoms with Crippen molar-refractivity contribution in [2.45, 2.75) is 68.3 Å². The molecular weight excluding hydrogens is 362 g/mol. The number of sulfonamides is 1. The van der Waals surface area contributed by atoms with Crippen LogP contribution in [0.25, 0.3) is 0 Å². The second kappa shape index (κ2) is 8.71. The number of benzene rings is 1. The summed E-state index contributed by atoms with van der Waals surface area (Å²) in [5, 5.41) is 0. The fourth-order valence-electron chi connectivity index (χ4n) is 4.28. The Bertz CT molecular complexity index is 759. The predicted octanol–water partition coefficient (Wildman–Crippen LogP) is 2.59. The van der Waals surface area contributed by atoms with Crippen LogP contribution in [0, 0.1) is 0 Å². The van der Waals surface area contributed by atoms with Gasteiger partial charge in [0.25, 0.3) is 5.91 Å². The lowest BCUT2D eigenvalue weighted by Crippen LogP contribution is -2.47. The van der Waals surface area contributed by atoms with Crippen molar-refractivity contribution in [2.75, 3.05) is 20.1 Å². The Morgan fingerprint density at radius 1 is 1.15 bits per heavy atom. The zero-order chi connectivity index (χ0) is 19.4. The first-order valence-corrected chi connectivity index (χ1v) is 11.5. The molecule has 1 heterocycles. The van der Waals surface area contributed by atoms with Crippen LogP contribution in [0.1, 0.15) is 61.7 Å². The van der Waals surface area contributed by atoms with E-state index in [4.69, 9.17) is 5.73 Å². The summed E-state index contributed by atoms with van der Waals surface area (Å²) in [6.45, 7) is 1.12. The molecule has 2 aliphatic rings. The number of likely N-dealkylation sites (tertiary alicyclic amines) is 1. The van der Waals surface area contributed by atoms with E-state index in [0.717, 1.165) is 44.9 Å². The third kappa shape index (κ3) is 4.36. The second-order valence-electron chi connectivity index (χ2n) is 7.72. The summed E-state index contributed by atoms with van der Waals surface area (Å²) in [6, 6.07) is 6.56. The van der Waals surface area contributed by atoms with Gasteiger partial charge in [0, 0.05) is 37.8 Å². The molecule has 1 aliphatic carbocycles. The maximum atomic E-state index is 13.1. The number of nitrogens with two attached hydrogens (primary N) is 1. The summed E-state index contributed by atoms with van der Waals surface area (Å²) in [5.74, 6) is -0.123. The van der Waals surface area contributed by atoms with Gasteiger partial charge >= 0.3 is 0 Å². The van der Waals surface area contributed by atoms with Gasteiger partial charge in [0.05, 0.1) is 4.90 Å². The van der Waals surface area contributed by atoms with Gasteiger partial charge in [-0.15, -0.1) is 0 Å². The van der Waals surface area contributed by atoms with Crippen molar-refractivity contribution in [2.24, 2.45) is 5.73 Å². The van der Waals surface area contributed by atoms with Gasteiger partial charge in [0.2, 0.25) is 10.0 Å². The highest BCUT2D eigenvalue weighted by Crippen LogP contribution is 2.27. The number of nitrogens with zero attached hydrogens (tertiary/aromatic N) is 2. The third-order valence-electron chi connectivity index (χ3n) is 6.01. The van der Waals surface area contributed by atoms with Crippen molar-refractivity contribution in [3.05, 3.63) is 29.8 Å². The number of carbonyl (C=O) groups excluding carboxylic acids is 1. The molecule has 150 valence electrons. The number of hydrogen-bond donors (Lipinski definition) is 1. The molecule has 6 nitrogen and oxygen atoms in total. The van der Waals surface area contributed by atoms with Gasteiger partial charge in [-0.25, -0.2) is 8.42 Å². The minimum atomic E-state index is -3.61. The quantitative estimate of drug-likeness (QED) is 0.833. The first-order chi connectivity index (χ1) is 12.9. The van der Waals surface area contributed by atoms with Crippen molar-refractivity contribution in [1.29, 1.82) is 0 Å². The molecule has 0 aromatic heterocycles. The van der Waals surface area contributed by atoms with E-state index in [9.17, 15) is 13.2 Å². The molecule has 1 aromatic rings. The summed E-state index contributed by atoms with van der Waals surface area (Å²) in [7, 11) is -1.94. The van der Waals surface area contributed by atoms with E-state index in [1.165, 1.54) is 16.8 Å². The summed E-state index contributed by atoms with van der Waals surface area (Å²) in [4.78, 5) is 15.0. The average Bonchev–Trinajstić information content (AvgIpc) is 2.73. The molecule has 2 N–H and O–H groups in total. The lowest BCUT2D eigenvalue weighted by atomic mass is 9.96. The van der Waals surface area contributed by atoms with Crippen LogP contribution in [0.2, 0.25) is 0 Å². The van der Waals surface area contributed by atoms with Crippen LogP contribution >= 0.6 is 0 Å². The van der Waals surface area contributed by atoms with Gasteiger partial charge in [-0.2, -0.15) is 4.31 Å². The maximum Gasteiger partial charge on any atom is 0.254 e. The lowest BCUT2D eigenvalue weighted by Gasteiger charge is -2.35. The van der Waals surface area contributed by atoms with Crippen LogP contribution < -0.4 is 5.73 Å². The molecular formula is C20H31N3O3S. The Kier molecular flexibility index (Phi) is 6.55. The van der Waals surface area contributed by atoms with Crippen molar-refractivity contribution in [3.8, 4) is 0 Å².